The number of β-lactam (4-membered cyclic amide) rings is 1. The molecule has 0 bridgehead atoms. The number of fused-ring (bicyclic) bond motifs is 1. The van der Waals surface area contributed by atoms with Crippen molar-refractivity contribution < 1.29 is 83.5 Å². The fourth-order valence-electron chi connectivity index (χ4n) is 4.52. The van der Waals surface area contributed by atoms with Crippen molar-refractivity contribution in [2.45, 2.75) is 42.1 Å². The Morgan fingerprint density at radius 3 is 2.15 bits per heavy atom. The Morgan fingerprint density at radius 1 is 1.07 bits per heavy atom. The Morgan fingerprint density at radius 2 is 1.65 bits per heavy atom. The summed E-state index contributed by atoms with van der Waals surface area (Å²) in [7, 11) is -3.87. The Balaban J connectivity index is 0.00000380. The number of carbonyl (C=O) groups excluding carboxylic acids is 5. The molecule has 3 saturated heterocycles. The van der Waals surface area contributed by atoms with Crippen molar-refractivity contribution in [1.29, 1.82) is 0 Å². The molecule has 4 rings (SSSR count). The third kappa shape index (κ3) is 6.71. The van der Waals surface area contributed by atoms with E-state index in [4.69, 9.17) is 0 Å². The standard InChI is InChI=1S/C21H25N5O8S2.Na.3H2O/c1-21(2)14(18(29)30)26-16(28)13(17(26)35-21)22-15(27)12(11-7-5-4-6-8-11)23-19(31)24-9-10-25(20(24)32)36(3,33)34;;;;/h4-8,12-14,17H,9-10H2,1-3H3,(H,22,27)(H,23,31)(H,29,30);;3*1H2/q;+1;;;/p-1/t12-,13-,14+,17-;;;;/m1..../s1. The molecule has 19 heteroatoms. The Kier molecular flexibility index (Phi) is 12.6. The Bertz CT molecular complexity index is 1250. The number of imide groups is 1. The second-order valence-electron chi connectivity index (χ2n) is 9.13. The van der Waals surface area contributed by atoms with Crippen LogP contribution >= 0.6 is 11.8 Å². The van der Waals surface area contributed by atoms with Crippen LogP contribution in [0, 0.1) is 0 Å². The van der Waals surface area contributed by atoms with Gasteiger partial charge in [-0.2, -0.15) is 0 Å². The number of rotatable bonds is 6. The second kappa shape index (κ2) is 13.5. The van der Waals surface area contributed by atoms with Crippen LogP contribution in [0.3, 0.4) is 0 Å². The van der Waals surface area contributed by atoms with E-state index in [2.05, 4.69) is 10.6 Å². The number of nitrogens with one attached hydrogen (secondary N) is 2. The molecule has 3 aliphatic heterocycles. The molecular formula is C21H30N5NaO11S2. The van der Waals surface area contributed by atoms with E-state index < -0.39 is 68.1 Å². The molecule has 1 aromatic carbocycles. The molecule has 0 spiro atoms. The first-order valence-corrected chi connectivity index (χ1v) is 13.6. The summed E-state index contributed by atoms with van der Waals surface area (Å²) in [5, 5.41) is 16.0. The molecule has 16 nitrogen and oxygen atoms in total. The van der Waals surface area contributed by atoms with Crippen molar-refractivity contribution in [1.82, 2.24) is 24.7 Å². The fraction of sp³-hybridized carbons (Fsp3) is 0.476. The molecule has 0 radical (unpaired) electrons. The maximum atomic E-state index is 13.3. The van der Waals surface area contributed by atoms with E-state index in [1.54, 1.807) is 44.2 Å². The van der Waals surface area contributed by atoms with E-state index in [-0.39, 0.29) is 59.1 Å². The second-order valence-corrected chi connectivity index (χ2v) is 12.8. The molecule has 40 heavy (non-hydrogen) atoms. The normalized spacial score (nSPS) is 23.2. The molecule has 0 aromatic heterocycles. The minimum absolute atomic E-state index is 0. The number of hydrogen-bond donors (Lipinski definition) is 2. The zero-order chi connectivity index (χ0) is 26.6. The molecule has 8 N–H and O–H groups in total. The summed E-state index contributed by atoms with van der Waals surface area (Å²) in [6.07, 6.45) is 0.846. The van der Waals surface area contributed by atoms with Gasteiger partial charge in [-0.3, -0.25) is 9.59 Å². The number of aliphatic carboxylic acids is 1. The number of sulfonamides is 1. The van der Waals surface area contributed by atoms with Gasteiger partial charge in [0.1, 0.15) is 17.5 Å². The number of benzene rings is 1. The largest absolute Gasteiger partial charge is 1.00 e. The van der Waals surface area contributed by atoms with Crippen LogP contribution in [-0.2, 0) is 24.4 Å². The number of hydrogen-bond acceptors (Lipinski definition) is 9. The first-order valence-electron chi connectivity index (χ1n) is 10.9. The van der Waals surface area contributed by atoms with E-state index in [1.807, 2.05) is 0 Å². The number of carbonyl (C=O) groups is 5. The molecule has 0 aliphatic carbocycles. The molecule has 218 valence electrons. The van der Waals surface area contributed by atoms with Crippen molar-refractivity contribution in [3.8, 4) is 0 Å². The average Bonchev–Trinajstić information content (AvgIpc) is 3.31. The van der Waals surface area contributed by atoms with Crippen molar-refractivity contribution in [3.63, 3.8) is 0 Å². The molecular weight excluding hydrogens is 585 g/mol. The van der Waals surface area contributed by atoms with Crippen LogP contribution in [0.1, 0.15) is 25.5 Å². The first-order chi connectivity index (χ1) is 16.7. The van der Waals surface area contributed by atoms with Gasteiger partial charge in [-0.05, 0) is 19.4 Å². The summed E-state index contributed by atoms with van der Waals surface area (Å²) in [6.45, 7) is 2.92. The van der Waals surface area contributed by atoms with Crippen molar-refractivity contribution in [3.05, 3.63) is 35.9 Å². The van der Waals surface area contributed by atoms with Crippen molar-refractivity contribution in [2.24, 2.45) is 0 Å². The molecule has 1 aromatic rings. The summed E-state index contributed by atoms with van der Waals surface area (Å²) in [6, 6.07) is 2.56. The SMILES string of the molecule is CC1(C)S[C@@H]2[C@H](NC(=O)[C@H](NC(=O)N3CCN(S(C)(=O)=O)C3=O)c3ccccc3)C(=O)N2[C@H]1C(=O)[O-].O.O.O.[Na+]. The fourth-order valence-corrected chi connectivity index (χ4v) is 6.94. The van der Waals surface area contributed by atoms with E-state index in [9.17, 15) is 37.5 Å². The molecule has 0 saturated carbocycles. The summed E-state index contributed by atoms with van der Waals surface area (Å²) < 4.78 is 23.2. The number of thioether (sulfide) groups is 1. The molecule has 3 aliphatic rings. The van der Waals surface area contributed by atoms with Gasteiger partial charge in [0.2, 0.25) is 21.8 Å². The third-order valence-corrected chi connectivity index (χ3v) is 8.95. The number of nitrogens with zero attached hydrogens (tertiary/aromatic N) is 3. The third-order valence-electron chi connectivity index (χ3n) is 6.24. The Hall–Kier alpha value is -2.45. The van der Waals surface area contributed by atoms with Gasteiger partial charge in [-0.1, -0.05) is 30.3 Å². The van der Waals surface area contributed by atoms with Crippen molar-refractivity contribution in [2.75, 3.05) is 19.3 Å². The quantitative estimate of drug-likeness (QED) is 0.227. The Labute approximate surface area is 256 Å². The van der Waals surface area contributed by atoms with E-state index in [0.717, 1.165) is 6.26 Å². The summed E-state index contributed by atoms with van der Waals surface area (Å²) in [5.41, 5.74) is 0.352. The topological polar surface area (TPSA) is 271 Å². The van der Waals surface area contributed by atoms with E-state index >= 15 is 0 Å². The summed E-state index contributed by atoms with van der Waals surface area (Å²) >= 11 is 1.22. The number of amides is 6. The molecule has 4 atom stereocenters. The van der Waals surface area contributed by atoms with Crippen LogP contribution in [-0.4, -0.2) is 110 Å². The maximum Gasteiger partial charge on any atom is 1.00 e. The van der Waals surface area contributed by atoms with Crippen LogP contribution in [0.5, 0.6) is 0 Å². The first kappa shape index (κ1) is 37.6. The van der Waals surface area contributed by atoms with Crippen LogP contribution < -0.4 is 45.3 Å². The van der Waals surface area contributed by atoms with Crippen molar-refractivity contribution >= 4 is 51.6 Å². The van der Waals surface area contributed by atoms with Gasteiger partial charge in [0, 0.05) is 4.75 Å². The maximum absolute atomic E-state index is 13.3. The van der Waals surface area contributed by atoms with Crippen LogP contribution in [0.25, 0.3) is 0 Å². The molecule has 0 unspecified atom stereocenters. The monoisotopic (exact) mass is 615 g/mol. The van der Waals surface area contributed by atoms with Gasteiger partial charge in [0.05, 0.1) is 31.4 Å². The van der Waals surface area contributed by atoms with Gasteiger partial charge in [-0.25, -0.2) is 27.2 Å². The minimum Gasteiger partial charge on any atom is -0.548 e. The van der Waals surface area contributed by atoms with Gasteiger partial charge >= 0.3 is 41.6 Å². The predicted octanol–water partition coefficient (Wildman–Crippen LogP) is -7.04. The minimum atomic E-state index is -3.87. The zero-order valence-electron chi connectivity index (χ0n) is 22.0. The number of carboxylic acid groups (broad SMARTS) is 1. The number of carboxylic acids is 1. The summed E-state index contributed by atoms with van der Waals surface area (Å²) in [4.78, 5) is 64.8. The predicted molar refractivity (Wildman–Crippen MR) is 135 cm³/mol. The molecule has 3 heterocycles. The molecule has 6 amide bonds. The van der Waals surface area contributed by atoms with Gasteiger partial charge in [0.15, 0.2) is 0 Å². The smallest absolute Gasteiger partial charge is 0.548 e. The van der Waals surface area contributed by atoms with E-state index in [0.29, 0.717) is 14.8 Å². The van der Waals surface area contributed by atoms with Gasteiger partial charge in [0.25, 0.3) is 0 Å². The van der Waals surface area contributed by atoms with Gasteiger partial charge in [-0.15, -0.1) is 11.8 Å². The zero-order valence-corrected chi connectivity index (χ0v) is 25.7. The average molecular weight is 616 g/mol. The van der Waals surface area contributed by atoms with Crippen LogP contribution in [0.15, 0.2) is 30.3 Å². The van der Waals surface area contributed by atoms with Crippen LogP contribution in [0.2, 0.25) is 0 Å². The number of urea groups is 2. The van der Waals surface area contributed by atoms with Crippen LogP contribution in [0.4, 0.5) is 9.59 Å². The molecule has 3 fully saturated rings. The summed E-state index contributed by atoms with van der Waals surface area (Å²) in [5.74, 6) is -2.73. The van der Waals surface area contributed by atoms with Gasteiger partial charge < -0.3 is 41.9 Å². The van der Waals surface area contributed by atoms with E-state index in [1.165, 1.54) is 16.7 Å².